The van der Waals surface area contributed by atoms with Crippen molar-refractivity contribution in [1.82, 2.24) is 10.6 Å². The summed E-state index contributed by atoms with van der Waals surface area (Å²) in [7, 11) is 0. The van der Waals surface area contributed by atoms with Gasteiger partial charge in [-0.05, 0) is 38.5 Å². The first-order valence-corrected chi connectivity index (χ1v) is 6.77. The molecule has 2 N–H and O–H groups in total. The van der Waals surface area contributed by atoms with Crippen LogP contribution in [0, 0.1) is 6.92 Å². The maximum Gasteiger partial charge on any atom is 0.258 e. The molecule has 1 aromatic carbocycles. The topological polar surface area (TPSA) is 67.4 Å². The number of carbonyl (C=O) groups is 2. The maximum atomic E-state index is 11.7. The quantitative estimate of drug-likeness (QED) is 0.839. The molecule has 1 aromatic rings. The number of ether oxygens (including phenoxy) is 1. The van der Waals surface area contributed by atoms with Gasteiger partial charge in [0.25, 0.3) is 5.91 Å². The second-order valence-electron chi connectivity index (χ2n) is 4.41. The molecule has 0 bridgehead atoms. The van der Waals surface area contributed by atoms with E-state index in [0.717, 1.165) is 5.56 Å². The number of hydrogen-bond acceptors (Lipinski definition) is 3. The van der Waals surface area contributed by atoms with E-state index in [4.69, 9.17) is 16.3 Å². The van der Waals surface area contributed by atoms with Crippen LogP contribution in [0.2, 0.25) is 5.02 Å². The zero-order valence-corrected chi connectivity index (χ0v) is 12.6. The summed E-state index contributed by atoms with van der Waals surface area (Å²) < 4.78 is 5.34. The van der Waals surface area contributed by atoms with Crippen LogP contribution in [0.3, 0.4) is 0 Å². The molecule has 1 rings (SSSR count). The summed E-state index contributed by atoms with van der Waals surface area (Å²) in [5, 5.41) is 5.62. The number of rotatable bonds is 6. The summed E-state index contributed by atoms with van der Waals surface area (Å²) in [6, 6.07) is 4.72. The van der Waals surface area contributed by atoms with Gasteiger partial charge in [-0.15, -0.1) is 0 Å². The van der Waals surface area contributed by atoms with Crippen LogP contribution < -0.4 is 15.4 Å². The first-order chi connectivity index (χ1) is 9.43. The summed E-state index contributed by atoms with van der Waals surface area (Å²) in [5.41, 5.74) is 0.987. The number of benzene rings is 1. The standard InChI is InChI=1S/C14H19ClN2O3/c1-4-16-14(19)10(3)17-13(18)8-20-12-7-9(2)5-6-11(12)15/h5-7,10H,4,8H2,1-3H3,(H,16,19)(H,17,18)/t10-/m0/s1. The van der Waals surface area contributed by atoms with Crippen LogP contribution in [0.5, 0.6) is 5.75 Å². The van der Waals surface area contributed by atoms with Crippen LogP contribution in [0.25, 0.3) is 0 Å². The van der Waals surface area contributed by atoms with E-state index in [1.54, 1.807) is 19.1 Å². The van der Waals surface area contributed by atoms with Crippen molar-refractivity contribution in [1.29, 1.82) is 0 Å². The van der Waals surface area contributed by atoms with Gasteiger partial charge in [0.05, 0.1) is 5.02 Å². The highest BCUT2D eigenvalue weighted by molar-refractivity contribution is 6.32. The van der Waals surface area contributed by atoms with Gasteiger partial charge in [0.15, 0.2) is 6.61 Å². The molecule has 0 heterocycles. The van der Waals surface area contributed by atoms with Crippen LogP contribution >= 0.6 is 11.6 Å². The number of hydrogen-bond donors (Lipinski definition) is 2. The smallest absolute Gasteiger partial charge is 0.258 e. The zero-order valence-electron chi connectivity index (χ0n) is 11.8. The minimum absolute atomic E-state index is 0.188. The van der Waals surface area contributed by atoms with Gasteiger partial charge in [-0.2, -0.15) is 0 Å². The Bertz CT molecular complexity index is 491. The van der Waals surface area contributed by atoms with E-state index in [-0.39, 0.29) is 18.4 Å². The van der Waals surface area contributed by atoms with Crippen LogP contribution in [-0.4, -0.2) is 31.0 Å². The third-order valence-electron chi connectivity index (χ3n) is 2.57. The van der Waals surface area contributed by atoms with Crippen LogP contribution in [0.1, 0.15) is 19.4 Å². The van der Waals surface area contributed by atoms with Crippen molar-refractivity contribution in [2.75, 3.05) is 13.2 Å². The number of likely N-dealkylation sites (N-methyl/N-ethyl adjacent to an activating group) is 1. The fourth-order valence-corrected chi connectivity index (χ4v) is 1.71. The van der Waals surface area contributed by atoms with Crippen LogP contribution in [0.4, 0.5) is 0 Å². The van der Waals surface area contributed by atoms with Gasteiger partial charge >= 0.3 is 0 Å². The molecule has 0 saturated heterocycles. The van der Waals surface area contributed by atoms with Crippen molar-refractivity contribution < 1.29 is 14.3 Å². The third kappa shape index (κ3) is 5.09. The normalized spacial score (nSPS) is 11.6. The lowest BCUT2D eigenvalue weighted by Gasteiger charge is -2.14. The SMILES string of the molecule is CCNC(=O)[C@H](C)NC(=O)COc1cc(C)ccc1Cl. The molecular formula is C14H19ClN2O3. The summed E-state index contributed by atoms with van der Waals surface area (Å²) in [6.07, 6.45) is 0. The van der Waals surface area contributed by atoms with Gasteiger partial charge in [0.2, 0.25) is 5.91 Å². The molecule has 1 atom stereocenters. The molecule has 20 heavy (non-hydrogen) atoms. The lowest BCUT2D eigenvalue weighted by Crippen LogP contribution is -2.46. The van der Waals surface area contributed by atoms with E-state index in [0.29, 0.717) is 17.3 Å². The Kier molecular flexibility index (Phi) is 6.31. The van der Waals surface area contributed by atoms with E-state index in [9.17, 15) is 9.59 Å². The molecule has 5 nitrogen and oxygen atoms in total. The van der Waals surface area contributed by atoms with Gasteiger partial charge in [-0.3, -0.25) is 9.59 Å². The number of nitrogens with one attached hydrogen (secondary N) is 2. The first-order valence-electron chi connectivity index (χ1n) is 6.40. The second-order valence-corrected chi connectivity index (χ2v) is 4.81. The predicted molar refractivity (Wildman–Crippen MR) is 78.0 cm³/mol. The van der Waals surface area contributed by atoms with Crippen LogP contribution in [0.15, 0.2) is 18.2 Å². The Morgan fingerprint density at radius 2 is 2.10 bits per heavy atom. The molecule has 0 aliphatic heterocycles. The largest absolute Gasteiger partial charge is 0.482 e. The molecule has 0 spiro atoms. The molecule has 0 saturated carbocycles. The van der Waals surface area contributed by atoms with Crippen molar-refractivity contribution in [3.63, 3.8) is 0 Å². The average molecular weight is 299 g/mol. The number of aryl methyl sites for hydroxylation is 1. The molecule has 0 aliphatic rings. The van der Waals surface area contributed by atoms with E-state index in [1.807, 2.05) is 19.9 Å². The third-order valence-corrected chi connectivity index (χ3v) is 2.88. The number of carbonyl (C=O) groups excluding carboxylic acids is 2. The monoisotopic (exact) mass is 298 g/mol. The molecule has 110 valence electrons. The lowest BCUT2D eigenvalue weighted by molar-refractivity contribution is -0.129. The van der Waals surface area contributed by atoms with Gasteiger partial charge in [0, 0.05) is 6.54 Å². The molecule has 2 amide bonds. The average Bonchev–Trinajstić information content (AvgIpc) is 2.40. The molecule has 6 heteroatoms. The van der Waals surface area contributed by atoms with Gasteiger partial charge in [-0.1, -0.05) is 17.7 Å². The molecule has 0 aliphatic carbocycles. The molecular weight excluding hydrogens is 280 g/mol. The molecule has 0 radical (unpaired) electrons. The van der Waals surface area contributed by atoms with E-state index >= 15 is 0 Å². The van der Waals surface area contributed by atoms with Crippen molar-refractivity contribution in [3.05, 3.63) is 28.8 Å². The summed E-state index contributed by atoms with van der Waals surface area (Å²) in [5.74, 6) is -0.150. The second kappa shape index (κ2) is 7.75. The highest BCUT2D eigenvalue weighted by atomic mass is 35.5. The predicted octanol–water partition coefficient (Wildman–Crippen LogP) is 1.67. The van der Waals surface area contributed by atoms with Crippen molar-refractivity contribution >= 4 is 23.4 Å². The Morgan fingerprint density at radius 3 is 2.75 bits per heavy atom. The Hall–Kier alpha value is -1.75. The lowest BCUT2D eigenvalue weighted by atomic mass is 10.2. The Labute approximate surface area is 123 Å². The molecule has 0 aromatic heterocycles. The highest BCUT2D eigenvalue weighted by Gasteiger charge is 2.15. The Balaban J connectivity index is 2.47. The summed E-state index contributed by atoms with van der Waals surface area (Å²) in [6.45, 7) is 5.67. The number of halogens is 1. The summed E-state index contributed by atoms with van der Waals surface area (Å²) >= 11 is 5.96. The minimum Gasteiger partial charge on any atom is -0.482 e. The van der Waals surface area contributed by atoms with Gasteiger partial charge < -0.3 is 15.4 Å². The van der Waals surface area contributed by atoms with Crippen molar-refractivity contribution in [2.24, 2.45) is 0 Å². The minimum atomic E-state index is -0.598. The van der Waals surface area contributed by atoms with Crippen molar-refractivity contribution in [3.8, 4) is 5.75 Å². The Morgan fingerprint density at radius 1 is 1.40 bits per heavy atom. The number of amides is 2. The molecule has 0 unspecified atom stereocenters. The first kappa shape index (κ1) is 16.3. The van der Waals surface area contributed by atoms with E-state index in [2.05, 4.69) is 10.6 Å². The highest BCUT2D eigenvalue weighted by Crippen LogP contribution is 2.24. The van der Waals surface area contributed by atoms with E-state index < -0.39 is 6.04 Å². The zero-order chi connectivity index (χ0) is 15.1. The van der Waals surface area contributed by atoms with Gasteiger partial charge in [-0.25, -0.2) is 0 Å². The van der Waals surface area contributed by atoms with Gasteiger partial charge in [0.1, 0.15) is 11.8 Å². The summed E-state index contributed by atoms with van der Waals surface area (Å²) in [4.78, 5) is 23.1. The fraction of sp³-hybridized carbons (Fsp3) is 0.429. The van der Waals surface area contributed by atoms with Crippen LogP contribution in [-0.2, 0) is 9.59 Å². The maximum absolute atomic E-state index is 11.7. The van der Waals surface area contributed by atoms with Crippen molar-refractivity contribution in [2.45, 2.75) is 26.8 Å². The van der Waals surface area contributed by atoms with E-state index in [1.165, 1.54) is 0 Å². The molecule has 0 fully saturated rings. The fourth-order valence-electron chi connectivity index (χ4n) is 1.54.